The highest BCUT2D eigenvalue weighted by Crippen LogP contribution is 2.32. The maximum atomic E-state index is 13.1. The molecule has 1 aromatic heterocycles. The lowest BCUT2D eigenvalue weighted by molar-refractivity contribution is 0.102. The fourth-order valence-electron chi connectivity index (χ4n) is 4.11. The van der Waals surface area contributed by atoms with Crippen molar-refractivity contribution in [3.63, 3.8) is 0 Å². The summed E-state index contributed by atoms with van der Waals surface area (Å²) in [5, 5.41) is 9.71. The smallest absolute Gasteiger partial charge is 0.232 e. The lowest BCUT2D eigenvalue weighted by Crippen LogP contribution is -2.38. The molecule has 2 aliphatic rings. The largest absolute Gasteiger partial charge is 0.490 e. The first kappa shape index (κ1) is 22.7. The van der Waals surface area contributed by atoms with E-state index in [1.807, 2.05) is 18.2 Å². The van der Waals surface area contributed by atoms with Crippen LogP contribution in [-0.4, -0.2) is 65.8 Å². The van der Waals surface area contributed by atoms with Gasteiger partial charge in [-0.2, -0.15) is 0 Å². The minimum Gasteiger partial charge on any atom is -0.490 e. The molecule has 0 atom stereocenters. The highest BCUT2D eigenvalue weighted by atomic mass is 32.2. The third-order valence-corrected chi connectivity index (χ3v) is 6.85. The zero-order chi connectivity index (χ0) is 23.3. The minimum absolute atomic E-state index is 0.00639. The fraction of sp³-hybridized carbons (Fsp3) is 0.400. The molecule has 0 aliphatic carbocycles. The first-order valence-corrected chi connectivity index (χ1v) is 12.6. The summed E-state index contributed by atoms with van der Waals surface area (Å²) in [6.45, 7) is 6.18. The van der Waals surface area contributed by atoms with Crippen molar-refractivity contribution >= 4 is 23.5 Å². The van der Waals surface area contributed by atoms with E-state index >= 15 is 0 Å². The van der Waals surface area contributed by atoms with Crippen molar-refractivity contribution in [1.82, 2.24) is 14.8 Å². The molecule has 5 rings (SSSR count). The molecular weight excluding hydrogens is 452 g/mol. The molecule has 3 aromatic rings. The molecule has 0 N–H and O–H groups in total. The van der Waals surface area contributed by atoms with Crippen LogP contribution in [0.3, 0.4) is 0 Å². The molecule has 178 valence electrons. The minimum atomic E-state index is 0.00639. The lowest BCUT2D eigenvalue weighted by atomic mass is 10.1. The first-order chi connectivity index (χ1) is 16.7. The Kier molecular flexibility index (Phi) is 7.01. The molecule has 9 heteroatoms. The van der Waals surface area contributed by atoms with Gasteiger partial charge in [-0.3, -0.25) is 9.36 Å². The van der Waals surface area contributed by atoms with Gasteiger partial charge in [-0.15, -0.1) is 10.2 Å². The number of aromatic nitrogens is 3. The molecule has 0 saturated carbocycles. The molecule has 0 amide bonds. The summed E-state index contributed by atoms with van der Waals surface area (Å²) < 4.78 is 19.0. The Morgan fingerprint density at radius 2 is 1.79 bits per heavy atom. The molecule has 3 heterocycles. The van der Waals surface area contributed by atoms with Crippen LogP contribution in [0, 0.1) is 0 Å². The number of para-hydroxylation sites is 1. The summed E-state index contributed by atoms with van der Waals surface area (Å²) in [6, 6.07) is 13.7. The van der Waals surface area contributed by atoms with Crippen molar-refractivity contribution in [3.8, 4) is 17.2 Å². The number of fused-ring (bicyclic) bond motifs is 1. The van der Waals surface area contributed by atoms with Crippen LogP contribution in [0.15, 0.2) is 47.6 Å². The number of nitrogens with zero attached hydrogens (tertiary/aromatic N) is 4. The van der Waals surface area contributed by atoms with Gasteiger partial charge in [0.15, 0.2) is 22.4 Å². The number of anilines is 1. The quantitative estimate of drug-likeness (QED) is 0.373. The summed E-state index contributed by atoms with van der Waals surface area (Å²) in [5.74, 6) is 2.35. The molecule has 8 nitrogen and oxygen atoms in total. The van der Waals surface area contributed by atoms with Crippen LogP contribution in [0.5, 0.6) is 11.5 Å². The molecule has 34 heavy (non-hydrogen) atoms. The van der Waals surface area contributed by atoms with Crippen molar-refractivity contribution < 1.29 is 19.0 Å². The number of aryl methyl sites for hydroxylation is 1. The van der Waals surface area contributed by atoms with Crippen LogP contribution in [0.4, 0.5) is 5.95 Å². The predicted molar refractivity (Wildman–Crippen MR) is 131 cm³/mol. The normalized spacial score (nSPS) is 15.7. The topological polar surface area (TPSA) is 78.7 Å². The van der Waals surface area contributed by atoms with Crippen molar-refractivity contribution in [2.75, 3.05) is 50.2 Å². The van der Waals surface area contributed by atoms with Crippen LogP contribution in [0.2, 0.25) is 0 Å². The number of morpholine rings is 1. The lowest BCUT2D eigenvalue weighted by Gasteiger charge is -2.28. The van der Waals surface area contributed by atoms with E-state index in [-0.39, 0.29) is 11.5 Å². The molecule has 2 aliphatic heterocycles. The summed E-state index contributed by atoms with van der Waals surface area (Å²) in [6.07, 6.45) is 1.71. The summed E-state index contributed by atoms with van der Waals surface area (Å²) >= 11 is 1.40. The van der Waals surface area contributed by atoms with E-state index in [0.29, 0.717) is 48.6 Å². The second-order valence-electron chi connectivity index (χ2n) is 8.12. The number of ketones is 1. The summed E-state index contributed by atoms with van der Waals surface area (Å²) in [4.78, 5) is 15.3. The molecule has 0 unspecified atom stereocenters. The zero-order valence-corrected chi connectivity index (χ0v) is 20.1. The number of Topliss-reactive ketones (excluding diaryl/α,β-unsaturated/α-hetero) is 1. The van der Waals surface area contributed by atoms with E-state index in [4.69, 9.17) is 14.2 Å². The highest BCUT2D eigenvalue weighted by molar-refractivity contribution is 7.99. The number of rotatable bonds is 7. The number of ether oxygens (including phenoxy) is 3. The first-order valence-electron chi connectivity index (χ1n) is 11.7. The number of carbonyl (C=O) groups is 1. The van der Waals surface area contributed by atoms with Gasteiger partial charge in [0.25, 0.3) is 0 Å². The van der Waals surface area contributed by atoms with Crippen molar-refractivity contribution in [3.05, 3.63) is 53.6 Å². The van der Waals surface area contributed by atoms with Gasteiger partial charge in [-0.1, -0.05) is 36.9 Å². The summed E-state index contributed by atoms with van der Waals surface area (Å²) in [5.41, 5.74) is 2.85. The molecule has 2 aromatic carbocycles. The number of carbonyl (C=O) groups excluding carboxylic acids is 1. The van der Waals surface area contributed by atoms with Crippen LogP contribution in [0.1, 0.15) is 29.3 Å². The Bertz CT molecular complexity index is 1160. The summed E-state index contributed by atoms with van der Waals surface area (Å²) in [7, 11) is 0. The van der Waals surface area contributed by atoms with E-state index in [2.05, 4.69) is 38.7 Å². The monoisotopic (exact) mass is 480 g/mol. The van der Waals surface area contributed by atoms with E-state index in [1.54, 1.807) is 12.1 Å². The van der Waals surface area contributed by atoms with Crippen LogP contribution < -0.4 is 14.4 Å². The van der Waals surface area contributed by atoms with Gasteiger partial charge in [0.2, 0.25) is 5.95 Å². The number of benzene rings is 2. The third kappa shape index (κ3) is 4.76. The van der Waals surface area contributed by atoms with Crippen LogP contribution in [0.25, 0.3) is 5.69 Å². The molecular formula is C25H28N4O4S. The third-order valence-electron chi connectivity index (χ3n) is 5.93. The Morgan fingerprint density at radius 1 is 1.00 bits per heavy atom. The second kappa shape index (κ2) is 10.5. The average Bonchev–Trinajstić information content (AvgIpc) is 3.17. The fourth-order valence-corrected chi connectivity index (χ4v) is 4.95. The van der Waals surface area contributed by atoms with Crippen LogP contribution >= 0.6 is 11.8 Å². The van der Waals surface area contributed by atoms with E-state index in [9.17, 15) is 4.79 Å². The van der Waals surface area contributed by atoms with Crippen molar-refractivity contribution in [1.29, 1.82) is 0 Å². The average molecular weight is 481 g/mol. The highest BCUT2D eigenvalue weighted by Gasteiger charge is 2.24. The van der Waals surface area contributed by atoms with Gasteiger partial charge in [-0.25, -0.2) is 0 Å². The Morgan fingerprint density at radius 3 is 2.62 bits per heavy atom. The Balaban J connectivity index is 1.41. The SMILES string of the molecule is CCc1ccccc1-n1c(SCC(=O)c2ccc3c(c2)OCCCO3)nnc1N1CCOCC1. The molecule has 0 radical (unpaired) electrons. The Labute approximate surface area is 203 Å². The van der Waals surface area contributed by atoms with Gasteiger partial charge in [-0.05, 0) is 36.2 Å². The molecule has 0 spiro atoms. The molecule has 1 fully saturated rings. The van der Waals surface area contributed by atoms with Crippen molar-refractivity contribution in [2.45, 2.75) is 24.9 Å². The van der Waals surface area contributed by atoms with E-state index < -0.39 is 0 Å². The van der Waals surface area contributed by atoms with Gasteiger partial charge in [0.1, 0.15) is 0 Å². The van der Waals surface area contributed by atoms with Gasteiger partial charge >= 0.3 is 0 Å². The zero-order valence-electron chi connectivity index (χ0n) is 19.2. The standard InChI is InChI=1S/C25H28N4O4S/c1-2-18-6-3-4-7-20(18)29-24(28-10-14-31-15-11-28)26-27-25(29)34-17-21(30)19-8-9-22-23(16-19)33-13-5-12-32-22/h3-4,6-9,16H,2,5,10-15,17H2,1H3. The second-order valence-corrected chi connectivity index (χ2v) is 9.07. The van der Waals surface area contributed by atoms with Gasteiger partial charge in [0, 0.05) is 25.1 Å². The van der Waals surface area contributed by atoms with Crippen molar-refractivity contribution in [2.24, 2.45) is 0 Å². The maximum absolute atomic E-state index is 13.1. The number of hydrogen-bond donors (Lipinski definition) is 0. The van der Waals surface area contributed by atoms with Gasteiger partial charge in [0.05, 0.1) is 37.9 Å². The number of hydrogen-bond acceptors (Lipinski definition) is 8. The van der Waals surface area contributed by atoms with E-state index in [0.717, 1.165) is 37.6 Å². The van der Waals surface area contributed by atoms with E-state index in [1.165, 1.54) is 17.3 Å². The van der Waals surface area contributed by atoms with Crippen LogP contribution in [-0.2, 0) is 11.2 Å². The van der Waals surface area contributed by atoms with Gasteiger partial charge < -0.3 is 19.1 Å². The predicted octanol–water partition coefficient (Wildman–Crippen LogP) is 3.80. The Hall–Kier alpha value is -3.04. The maximum Gasteiger partial charge on any atom is 0.232 e. The molecule has 0 bridgehead atoms. The molecule has 1 saturated heterocycles. The number of thioether (sulfide) groups is 1.